The SMILES string of the molecule is CCCCCCCCCCCCCCC#CC1=C(c2ccccc2CCCC#CCCCCCCCCCCCCCCCCCC)[N+](=[N-])C(c2cccc(CCCC)c2)=C1. The Balaban J connectivity index is 1.44. The molecule has 0 radical (unpaired) electrons. The predicted octanol–water partition coefficient (Wildman–Crippen LogP) is 18.9. The van der Waals surface area contributed by atoms with Crippen LogP contribution in [-0.4, -0.2) is 4.70 Å². The quantitative estimate of drug-likeness (QED) is 0.0372. The van der Waals surface area contributed by atoms with Crippen LogP contribution in [0.3, 0.4) is 0 Å². The van der Waals surface area contributed by atoms with Crippen LogP contribution in [0.25, 0.3) is 16.9 Å². The van der Waals surface area contributed by atoms with E-state index in [9.17, 15) is 5.53 Å². The van der Waals surface area contributed by atoms with Crippen molar-refractivity contribution in [3.63, 3.8) is 0 Å². The van der Waals surface area contributed by atoms with Gasteiger partial charge in [0.1, 0.15) is 5.57 Å². The normalized spacial score (nSPS) is 12.4. The van der Waals surface area contributed by atoms with Crippen molar-refractivity contribution in [3.8, 4) is 23.7 Å². The highest BCUT2D eigenvalue weighted by molar-refractivity contribution is 5.82. The van der Waals surface area contributed by atoms with Gasteiger partial charge in [0, 0.05) is 30.9 Å². The molecular weight excluding hydrogens is 737 g/mol. The Labute approximate surface area is 378 Å². The summed E-state index contributed by atoms with van der Waals surface area (Å²) in [6.45, 7) is 6.83. The van der Waals surface area contributed by atoms with Crippen LogP contribution in [0.15, 0.2) is 60.2 Å². The Kier molecular flexibility index (Phi) is 30.8. The van der Waals surface area contributed by atoms with E-state index in [0.717, 1.165) is 73.0 Å². The van der Waals surface area contributed by atoms with E-state index < -0.39 is 0 Å². The minimum atomic E-state index is 0.817. The van der Waals surface area contributed by atoms with Crippen molar-refractivity contribution < 1.29 is 4.70 Å². The molecule has 1 heterocycles. The van der Waals surface area contributed by atoms with Crippen LogP contribution in [0.1, 0.15) is 261 Å². The molecule has 0 aromatic heterocycles. The van der Waals surface area contributed by atoms with Gasteiger partial charge in [0.15, 0.2) is 0 Å². The lowest BCUT2D eigenvalue weighted by atomic mass is 9.97. The summed E-state index contributed by atoms with van der Waals surface area (Å²) in [7, 11) is 0. The molecule has 0 atom stereocenters. The maximum atomic E-state index is 11.9. The molecule has 0 fully saturated rings. The number of allylic oxidation sites excluding steroid dienone is 2. The van der Waals surface area contributed by atoms with Crippen LogP contribution >= 0.6 is 0 Å². The van der Waals surface area contributed by atoms with Gasteiger partial charge in [-0.1, -0.05) is 236 Å². The monoisotopic (exact) mass is 827 g/mol. The minimum absolute atomic E-state index is 0.817. The summed E-state index contributed by atoms with van der Waals surface area (Å²) in [5.41, 5.74) is 19.1. The van der Waals surface area contributed by atoms with Gasteiger partial charge in [0.05, 0.1) is 5.56 Å². The lowest BCUT2D eigenvalue weighted by Crippen LogP contribution is -2.05. The fourth-order valence-electron chi connectivity index (χ4n) is 8.81. The third-order valence-electron chi connectivity index (χ3n) is 12.7. The van der Waals surface area contributed by atoms with Crippen LogP contribution in [-0.2, 0) is 12.8 Å². The lowest BCUT2D eigenvalue weighted by molar-refractivity contribution is -0.344. The van der Waals surface area contributed by atoms with E-state index in [0.29, 0.717) is 0 Å². The van der Waals surface area contributed by atoms with Crippen molar-refractivity contribution >= 4 is 11.4 Å². The molecule has 0 aliphatic carbocycles. The second-order valence-corrected chi connectivity index (χ2v) is 18.3. The van der Waals surface area contributed by atoms with Gasteiger partial charge in [-0.25, -0.2) is 4.70 Å². The molecule has 2 nitrogen and oxygen atoms in total. The van der Waals surface area contributed by atoms with E-state index in [1.54, 1.807) is 0 Å². The molecule has 0 unspecified atom stereocenters. The zero-order valence-electron chi connectivity index (χ0n) is 40.0. The molecule has 1 aliphatic heterocycles. The fraction of sp³-hybridized carbons (Fsp3) is 0.661. The molecule has 0 spiro atoms. The van der Waals surface area contributed by atoms with Crippen LogP contribution in [0.2, 0.25) is 0 Å². The molecule has 0 amide bonds. The van der Waals surface area contributed by atoms with Crippen LogP contribution in [0.4, 0.5) is 0 Å². The van der Waals surface area contributed by atoms with Crippen molar-refractivity contribution in [2.24, 2.45) is 0 Å². The molecule has 0 N–H and O–H groups in total. The maximum Gasteiger partial charge on any atom is 0.223 e. The van der Waals surface area contributed by atoms with Gasteiger partial charge in [0.25, 0.3) is 0 Å². The van der Waals surface area contributed by atoms with Gasteiger partial charge in [0.2, 0.25) is 11.4 Å². The minimum Gasteiger partial charge on any atom is -0.493 e. The molecule has 0 bridgehead atoms. The largest absolute Gasteiger partial charge is 0.493 e. The number of nitrogens with zero attached hydrogens (tertiary/aromatic N) is 2. The topological polar surface area (TPSA) is 25.3 Å². The van der Waals surface area contributed by atoms with Crippen LogP contribution in [0, 0.1) is 23.7 Å². The first-order valence-corrected chi connectivity index (χ1v) is 26.3. The summed E-state index contributed by atoms with van der Waals surface area (Å²) in [4.78, 5) is 0. The highest BCUT2D eigenvalue weighted by atomic mass is 15.2. The van der Waals surface area contributed by atoms with Crippen LogP contribution < -0.4 is 0 Å². The van der Waals surface area contributed by atoms with E-state index in [2.05, 4.69) is 99.1 Å². The van der Waals surface area contributed by atoms with Crippen LogP contribution in [0.5, 0.6) is 0 Å². The second kappa shape index (κ2) is 36.2. The Morgan fingerprint density at radius 2 is 0.902 bits per heavy atom. The Bertz CT molecular complexity index is 1630. The number of aryl methyl sites for hydroxylation is 2. The van der Waals surface area contributed by atoms with Crippen molar-refractivity contribution in [3.05, 3.63) is 88.0 Å². The molecule has 336 valence electrons. The molecule has 2 heteroatoms. The molecule has 0 saturated heterocycles. The maximum absolute atomic E-state index is 11.9. The van der Waals surface area contributed by atoms with Crippen molar-refractivity contribution in [2.75, 3.05) is 0 Å². The van der Waals surface area contributed by atoms with Gasteiger partial charge >= 0.3 is 0 Å². The number of hydrogen-bond acceptors (Lipinski definition) is 0. The molecule has 0 saturated carbocycles. The molecule has 61 heavy (non-hydrogen) atoms. The molecular formula is C59H90N2. The van der Waals surface area contributed by atoms with E-state index in [1.807, 2.05) is 0 Å². The van der Waals surface area contributed by atoms with Gasteiger partial charge in [-0.2, -0.15) is 0 Å². The number of benzene rings is 2. The Morgan fingerprint density at radius 3 is 1.43 bits per heavy atom. The third-order valence-corrected chi connectivity index (χ3v) is 12.7. The summed E-state index contributed by atoms with van der Waals surface area (Å²) >= 11 is 0. The Hall–Kier alpha value is -3.36. The van der Waals surface area contributed by atoms with E-state index in [-0.39, 0.29) is 0 Å². The summed E-state index contributed by atoms with van der Waals surface area (Å²) < 4.78 is 1.42. The highest BCUT2D eigenvalue weighted by Gasteiger charge is 2.30. The van der Waals surface area contributed by atoms with E-state index in [1.165, 1.54) is 202 Å². The molecule has 2 aromatic rings. The second-order valence-electron chi connectivity index (χ2n) is 18.3. The molecule has 1 aliphatic rings. The summed E-state index contributed by atoms with van der Waals surface area (Å²) in [5.74, 6) is 14.0. The zero-order valence-corrected chi connectivity index (χ0v) is 40.0. The van der Waals surface area contributed by atoms with Crippen molar-refractivity contribution in [1.29, 1.82) is 0 Å². The average molecular weight is 827 g/mol. The van der Waals surface area contributed by atoms with Gasteiger partial charge in [-0.3, -0.25) is 0 Å². The predicted molar refractivity (Wildman–Crippen MR) is 268 cm³/mol. The average Bonchev–Trinajstić information content (AvgIpc) is 3.61. The third kappa shape index (κ3) is 23.6. The van der Waals surface area contributed by atoms with Gasteiger partial charge in [-0.15, -0.1) is 11.8 Å². The Morgan fingerprint density at radius 1 is 0.443 bits per heavy atom. The first kappa shape index (κ1) is 52.0. The fourth-order valence-corrected chi connectivity index (χ4v) is 8.81. The van der Waals surface area contributed by atoms with E-state index >= 15 is 0 Å². The van der Waals surface area contributed by atoms with Gasteiger partial charge < -0.3 is 5.53 Å². The smallest absolute Gasteiger partial charge is 0.223 e. The number of rotatable bonds is 36. The molecule has 2 aromatic carbocycles. The van der Waals surface area contributed by atoms with Crippen molar-refractivity contribution in [1.82, 2.24) is 0 Å². The lowest BCUT2D eigenvalue weighted by Gasteiger charge is -2.13. The van der Waals surface area contributed by atoms with E-state index in [4.69, 9.17) is 0 Å². The number of hydrogen-bond donors (Lipinski definition) is 0. The first-order valence-electron chi connectivity index (χ1n) is 26.3. The summed E-state index contributed by atoms with van der Waals surface area (Å²) in [6, 6.07) is 17.3. The first-order chi connectivity index (χ1) is 30.2. The van der Waals surface area contributed by atoms with Gasteiger partial charge in [-0.05, 0) is 67.9 Å². The summed E-state index contributed by atoms with van der Waals surface area (Å²) in [6.07, 6.45) is 49.0. The molecule has 3 rings (SSSR count). The number of unbranched alkanes of at least 4 members (excludes halogenated alkanes) is 30. The summed E-state index contributed by atoms with van der Waals surface area (Å²) in [5, 5.41) is 0. The standard InChI is InChI=1S/C59H90N2/c1-4-7-10-12-14-16-18-20-22-23-24-25-26-27-28-30-31-33-35-37-39-46-54-47-41-42-50-57(54)59-56(48-40-38-36-34-32-29-21-19-17-15-13-11-8-5-2)52-58(61(59)60)55-49-43-45-53(51-55)44-9-6-3/h41-43,45,47,49-52H,4-32,34,36-39,44,46H2,1-3H3. The zero-order chi connectivity index (χ0) is 43.3. The van der Waals surface area contributed by atoms with Crippen molar-refractivity contribution in [2.45, 2.75) is 252 Å². The highest BCUT2D eigenvalue weighted by Crippen LogP contribution is 2.37.